The number of hydrogen-bond acceptors (Lipinski definition) is 3. The van der Waals surface area contributed by atoms with Crippen LogP contribution in [-0.2, 0) is 4.79 Å². The van der Waals surface area contributed by atoms with E-state index in [-0.39, 0.29) is 17.7 Å². The molecule has 0 aromatic heterocycles. The number of ether oxygens (including phenoxy) is 1. The molecule has 0 saturated heterocycles. The Bertz CT molecular complexity index is 779. The lowest BCUT2D eigenvalue weighted by molar-refractivity contribution is -0.118. The van der Waals surface area contributed by atoms with Gasteiger partial charge < -0.3 is 15.4 Å². The van der Waals surface area contributed by atoms with Gasteiger partial charge >= 0.3 is 0 Å². The second-order valence-corrected chi connectivity index (χ2v) is 5.59. The van der Waals surface area contributed by atoms with Gasteiger partial charge in [-0.25, -0.2) is 8.78 Å². The first-order chi connectivity index (χ1) is 11.9. The van der Waals surface area contributed by atoms with E-state index in [1.54, 1.807) is 24.3 Å². The van der Waals surface area contributed by atoms with E-state index in [0.717, 1.165) is 12.1 Å². The quantitative estimate of drug-likeness (QED) is 0.843. The molecule has 5 nitrogen and oxygen atoms in total. The summed E-state index contributed by atoms with van der Waals surface area (Å²) in [6.45, 7) is 3.16. The van der Waals surface area contributed by atoms with E-state index >= 15 is 0 Å². The van der Waals surface area contributed by atoms with Crippen molar-refractivity contribution in [2.24, 2.45) is 0 Å². The molecule has 0 fully saturated rings. The van der Waals surface area contributed by atoms with E-state index in [4.69, 9.17) is 4.74 Å². The van der Waals surface area contributed by atoms with Gasteiger partial charge in [-0.05, 0) is 38.1 Å². The minimum Gasteiger partial charge on any atom is -0.481 e. The lowest BCUT2D eigenvalue weighted by Crippen LogP contribution is -2.31. The fraction of sp³-hybridized carbons (Fsp3) is 0.222. The van der Waals surface area contributed by atoms with Gasteiger partial charge in [0.05, 0.1) is 11.3 Å². The Morgan fingerprint density at radius 1 is 1.12 bits per heavy atom. The topological polar surface area (TPSA) is 67.4 Å². The van der Waals surface area contributed by atoms with E-state index in [0.29, 0.717) is 17.3 Å². The number of carbonyl (C=O) groups excluding carboxylic acids is 2. The first-order valence-corrected chi connectivity index (χ1v) is 7.64. The Morgan fingerprint density at radius 3 is 2.52 bits per heavy atom. The van der Waals surface area contributed by atoms with Crippen LogP contribution in [0.1, 0.15) is 24.2 Å². The van der Waals surface area contributed by atoms with E-state index in [1.807, 2.05) is 13.8 Å². The Balaban J connectivity index is 2.02. The zero-order valence-electron chi connectivity index (χ0n) is 13.8. The first kappa shape index (κ1) is 18.4. The summed E-state index contributed by atoms with van der Waals surface area (Å²) >= 11 is 0. The normalized spacial score (nSPS) is 10.4. The number of benzene rings is 2. The Labute approximate surface area is 144 Å². The van der Waals surface area contributed by atoms with Crippen molar-refractivity contribution in [1.29, 1.82) is 0 Å². The van der Waals surface area contributed by atoms with Crippen LogP contribution >= 0.6 is 0 Å². The van der Waals surface area contributed by atoms with Crippen molar-refractivity contribution in [2.75, 3.05) is 11.9 Å². The van der Waals surface area contributed by atoms with E-state index in [9.17, 15) is 18.4 Å². The van der Waals surface area contributed by atoms with Crippen LogP contribution in [0, 0.1) is 11.6 Å². The van der Waals surface area contributed by atoms with Gasteiger partial charge in [0.25, 0.3) is 11.8 Å². The van der Waals surface area contributed by atoms with Gasteiger partial charge in [-0.3, -0.25) is 9.59 Å². The lowest BCUT2D eigenvalue weighted by Gasteiger charge is -2.13. The van der Waals surface area contributed by atoms with Crippen LogP contribution in [0.25, 0.3) is 0 Å². The van der Waals surface area contributed by atoms with Crippen molar-refractivity contribution in [1.82, 2.24) is 5.32 Å². The van der Waals surface area contributed by atoms with Crippen molar-refractivity contribution < 1.29 is 23.1 Å². The maximum absolute atomic E-state index is 13.5. The summed E-state index contributed by atoms with van der Waals surface area (Å²) in [4.78, 5) is 24.1. The van der Waals surface area contributed by atoms with Crippen molar-refractivity contribution in [3.05, 3.63) is 59.7 Å². The van der Waals surface area contributed by atoms with E-state index in [1.165, 1.54) is 0 Å². The third-order valence-electron chi connectivity index (χ3n) is 3.12. The molecule has 0 aliphatic carbocycles. The van der Waals surface area contributed by atoms with E-state index < -0.39 is 24.1 Å². The van der Waals surface area contributed by atoms with Gasteiger partial charge in [0, 0.05) is 12.1 Å². The van der Waals surface area contributed by atoms with Crippen molar-refractivity contribution in [3.63, 3.8) is 0 Å². The minimum absolute atomic E-state index is 0.0546. The summed E-state index contributed by atoms with van der Waals surface area (Å²) in [5, 5.41) is 5.28. The molecule has 0 aliphatic rings. The average Bonchev–Trinajstić information content (AvgIpc) is 2.54. The van der Waals surface area contributed by atoms with Crippen molar-refractivity contribution >= 4 is 17.5 Å². The number of nitrogens with one attached hydrogen (secondary N) is 2. The molecular formula is C18H18F2N2O3. The maximum atomic E-state index is 13.5. The zero-order valence-corrected chi connectivity index (χ0v) is 13.8. The van der Waals surface area contributed by atoms with Gasteiger partial charge in [0.15, 0.2) is 18.2 Å². The molecule has 0 atom stereocenters. The van der Waals surface area contributed by atoms with Crippen molar-refractivity contribution in [3.8, 4) is 5.75 Å². The fourth-order valence-electron chi connectivity index (χ4n) is 2.05. The SMILES string of the molecule is CC(C)NC(=O)c1ccccc1NC(=O)COc1ccc(F)cc1F. The molecular weight excluding hydrogens is 330 g/mol. The highest BCUT2D eigenvalue weighted by Gasteiger charge is 2.14. The number of para-hydroxylation sites is 1. The van der Waals surface area contributed by atoms with Gasteiger partial charge in [-0.2, -0.15) is 0 Å². The lowest BCUT2D eigenvalue weighted by atomic mass is 10.1. The molecule has 0 unspecified atom stereocenters. The van der Waals surface area contributed by atoms with Crippen LogP contribution in [0.4, 0.5) is 14.5 Å². The molecule has 132 valence electrons. The first-order valence-electron chi connectivity index (χ1n) is 7.64. The van der Waals surface area contributed by atoms with E-state index in [2.05, 4.69) is 10.6 Å². The number of anilines is 1. The Morgan fingerprint density at radius 2 is 1.84 bits per heavy atom. The standard InChI is InChI=1S/C18H18F2N2O3/c1-11(2)21-18(24)13-5-3-4-6-15(13)22-17(23)10-25-16-8-7-12(19)9-14(16)20/h3-9,11H,10H2,1-2H3,(H,21,24)(H,22,23). The summed E-state index contributed by atoms with van der Waals surface area (Å²) in [5.41, 5.74) is 0.617. The van der Waals surface area contributed by atoms with Gasteiger partial charge in [0.1, 0.15) is 5.82 Å². The molecule has 0 saturated carbocycles. The van der Waals surface area contributed by atoms with Crippen LogP contribution < -0.4 is 15.4 Å². The third-order valence-corrected chi connectivity index (χ3v) is 3.12. The van der Waals surface area contributed by atoms with Crippen LogP contribution in [0.2, 0.25) is 0 Å². The molecule has 25 heavy (non-hydrogen) atoms. The number of carbonyl (C=O) groups is 2. The summed E-state index contributed by atoms with van der Waals surface area (Å²) in [7, 11) is 0. The van der Waals surface area contributed by atoms with Gasteiger partial charge in [-0.1, -0.05) is 12.1 Å². The summed E-state index contributed by atoms with van der Waals surface area (Å²) < 4.78 is 31.3. The predicted molar refractivity (Wildman–Crippen MR) is 89.5 cm³/mol. The highest BCUT2D eigenvalue weighted by molar-refractivity contribution is 6.04. The Kier molecular flexibility index (Phi) is 6.05. The van der Waals surface area contributed by atoms with Gasteiger partial charge in [0.2, 0.25) is 0 Å². The maximum Gasteiger partial charge on any atom is 0.262 e. The molecule has 7 heteroatoms. The molecule has 2 N–H and O–H groups in total. The second-order valence-electron chi connectivity index (χ2n) is 5.59. The summed E-state index contributed by atoms with van der Waals surface area (Å²) in [5.74, 6) is -2.77. The number of hydrogen-bond donors (Lipinski definition) is 2. The average molecular weight is 348 g/mol. The van der Waals surface area contributed by atoms with Crippen LogP contribution in [0.3, 0.4) is 0 Å². The van der Waals surface area contributed by atoms with Crippen LogP contribution in [0.5, 0.6) is 5.75 Å². The van der Waals surface area contributed by atoms with Crippen molar-refractivity contribution in [2.45, 2.75) is 19.9 Å². The predicted octanol–water partition coefficient (Wildman–Crippen LogP) is 3.12. The Hall–Kier alpha value is -2.96. The molecule has 0 heterocycles. The second kappa shape index (κ2) is 8.23. The van der Waals surface area contributed by atoms with Gasteiger partial charge in [-0.15, -0.1) is 0 Å². The van der Waals surface area contributed by atoms with Crippen LogP contribution in [-0.4, -0.2) is 24.5 Å². The molecule has 2 rings (SSSR count). The third kappa shape index (κ3) is 5.27. The summed E-state index contributed by atoms with van der Waals surface area (Å²) in [6.07, 6.45) is 0. The largest absolute Gasteiger partial charge is 0.481 e. The monoisotopic (exact) mass is 348 g/mol. The molecule has 0 spiro atoms. The number of rotatable bonds is 6. The number of halogens is 2. The number of amides is 2. The molecule has 2 amide bonds. The molecule has 2 aromatic rings. The molecule has 0 aliphatic heterocycles. The highest BCUT2D eigenvalue weighted by Crippen LogP contribution is 2.18. The highest BCUT2D eigenvalue weighted by atomic mass is 19.1. The minimum atomic E-state index is -0.899. The summed E-state index contributed by atoms with van der Waals surface area (Å²) in [6, 6.07) is 9.24. The molecule has 0 radical (unpaired) electrons. The fourth-order valence-corrected chi connectivity index (χ4v) is 2.05. The molecule has 2 aromatic carbocycles. The zero-order chi connectivity index (χ0) is 18.4. The smallest absolute Gasteiger partial charge is 0.262 e. The molecule has 0 bridgehead atoms. The van der Waals surface area contributed by atoms with Crippen LogP contribution in [0.15, 0.2) is 42.5 Å².